The smallest absolute Gasteiger partial charge is 0.0576 e. The number of aryl methyl sites for hydroxylation is 4. The van der Waals surface area contributed by atoms with Crippen LogP contribution in [-0.2, 0) is 23.3 Å². The van der Waals surface area contributed by atoms with Gasteiger partial charge in [-0.25, -0.2) is 0 Å². The Morgan fingerprint density at radius 1 is 0.647 bits per heavy atom. The van der Waals surface area contributed by atoms with Gasteiger partial charge in [-0.05, 0) is 0 Å². The molecule has 0 aliphatic heterocycles. The molecule has 0 unspecified atom stereocenters. The monoisotopic (exact) mass is 588 g/mol. The Morgan fingerprint density at radius 3 is 1.21 bits per heavy atom. The van der Waals surface area contributed by atoms with Gasteiger partial charge in [0.05, 0.1) is 0 Å². The second-order valence-electron chi connectivity index (χ2n) is 9.86. The maximum atomic E-state index is 2.32. The fraction of sp³-hybridized carbons (Fsp3) is 0.400. The Labute approximate surface area is 235 Å². The summed E-state index contributed by atoms with van der Waals surface area (Å²) in [5.41, 5.74) is 8.89. The molecule has 4 aromatic carbocycles. The van der Waals surface area contributed by atoms with Crippen molar-refractivity contribution >= 4 is 27.0 Å². The fourth-order valence-electron chi connectivity index (χ4n) is 4.76. The van der Waals surface area contributed by atoms with E-state index in [4.69, 9.17) is 0 Å². The van der Waals surface area contributed by atoms with E-state index >= 15 is 0 Å². The first kappa shape index (κ1) is 33.3. The van der Waals surface area contributed by atoms with Gasteiger partial charge in [-0.3, -0.25) is 0 Å². The minimum absolute atomic E-state index is 0. The second-order valence-corrected chi connectivity index (χ2v) is 19.2. The number of fused-ring (bicyclic) bond motifs is 2. The summed E-state index contributed by atoms with van der Waals surface area (Å²) in [5.74, 6) is 1.24. The molecule has 0 atom stereocenters. The third-order valence-corrected chi connectivity index (χ3v) is 5.95. The van der Waals surface area contributed by atoms with Crippen LogP contribution in [0, 0.1) is 27.7 Å². The van der Waals surface area contributed by atoms with Crippen molar-refractivity contribution in [2.75, 3.05) is 0 Å². The Bertz CT molecular complexity index is 1120. The summed E-state index contributed by atoms with van der Waals surface area (Å²) < 4.78 is 0. The van der Waals surface area contributed by atoms with Crippen LogP contribution in [0.15, 0.2) is 48.5 Å². The first-order valence-electron chi connectivity index (χ1n) is 11.8. The van der Waals surface area contributed by atoms with Gasteiger partial charge in [0.15, 0.2) is 0 Å². The molecule has 0 aliphatic carbocycles. The van der Waals surface area contributed by atoms with E-state index in [1.807, 2.05) is 0 Å². The molecule has 0 N–H and O–H groups in total. The molecular formula is C30H40Cl2SiZr-2. The third kappa shape index (κ3) is 8.19. The zero-order valence-electron chi connectivity index (χ0n) is 22.5. The number of hydrogen-bond donors (Lipinski definition) is 0. The molecule has 0 nitrogen and oxygen atoms in total. The largest absolute Gasteiger partial charge is 1.00 e. The van der Waals surface area contributed by atoms with Crippen molar-refractivity contribution in [2.24, 2.45) is 0 Å². The molecule has 4 heteroatoms. The summed E-state index contributed by atoms with van der Waals surface area (Å²) in [7, 11) is 0. The molecule has 0 amide bonds. The zero-order chi connectivity index (χ0) is 24.2. The summed E-state index contributed by atoms with van der Waals surface area (Å²) in [5, 5.41) is 5.73. The molecule has 0 radical (unpaired) electrons. The number of rotatable bonds is 2. The van der Waals surface area contributed by atoms with Gasteiger partial charge < -0.3 is 24.8 Å². The van der Waals surface area contributed by atoms with Gasteiger partial charge in [-0.15, -0.1) is 91.3 Å². The number of halogens is 2. The van der Waals surface area contributed by atoms with Gasteiger partial charge in [-0.2, -0.15) is 0 Å². The van der Waals surface area contributed by atoms with E-state index in [1.165, 1.54) is 54.9 Å². The van der Waals surface area contributed by atoms with Gasteiger partial charge in [0.25, 0.3) is 0 Å². The quantitative estimate of drug-likeness (QED) is 0.248. The number of benzene rings is 2. The minimum Gasteiger partial charge on any atom is -1.00 e. The van der Waals surface area contributed by atoms with Crippen molar-refractivity contribution in [3.8, 4) is 0 Å². The molecular weight excluding hydrogens is 551 g/mol. The summed E-state index contributed by atoms with van der Waals surface area (Å²) in [4.78, 5) is 0. The second kappa shape index (κ2) is 14.8. The van der Waals surface area contributed by atoms with Crippen molar-refractivity contribution in [3.63, 3.8) is 0 Å². The predicted molar refractivity (Wildman–Crippen MR) is 144 cm³/mol. The van der Waals surface area contributed by atoms with Gasteiger partial charge in [0.2, 0.25) is 0 Å². The van der Waals surface area contributed by atoms with Crippen molar-refractivity contribution in [3.05, 3.63) is 81.9 Å². The molecule has 4 aromatic rings. The first-order valence-corrected chi connectivity index (χ1v) is 18.0. The van der Waals surface area contributed by atoms with Crippen molar-refractivity contribution in [2.45, 2.75) is 80.3 Å². The van der Waals surface area contributed by atoms with Crippen LogP contribution in [0.1, 0.15) is 72.9 Å². The van der Waals surface area contributed by atoms with Crippen LogP contribution >= 0.6 is 0 Å². The molecule has 0 aliphatic rings. The maximum absolute atomic E-state index is 2.32. The average molecular weight is 591 g/mol. The standard InChI is InChI=1S/2C14H17.C2H6Si.2ClH.Zr/c2*1-9(2)14-11(4)8-13-10(3)6-5-7-12(13)14;1-3-2;;;/h2*5-9H,1-4H3;1-2H3;2*1H;/q2*-1;;;;+2/p-2. The normalized spacial score (nSPS) is 10.3. The van der Waals surface area contributed by atoms with Crippen LogP contribution < -0.4 is 24.8 Å². The Hall–Kier alpha value is -0.660. The molecule has 0 fully saturated rings. The zero-order valence-corrected chi connectivity index (χ0v) is 27.5. The molecule has 0 spiro atoms. The van der Waals surface area contributed by atoms with Crippen LogP contribution in [0.5, 0.6) is 0 Å². The third-order valence-electron chi connectivity index (χ3n) is 5.95. The van der Waals surface area contributed by atoms with Gasteiger partial charge >= 0.3 is 41.9 Å². The molecule has 184 valence electrons. The molecule has 0 saturated heterocycles. The summed E-state index contributed by atoms with van der Waals surface area (Å²) >= 11 is 1.74. The van der Waals surface area contributed by atoms with E-state index < -0.39 is 0 Å². The molecule has 4 rings (SSSR count). The molecule has 0 heterocycles. The van der Waals surface area contributed by atoms with E-state index in [0.717, 1.165) is 0 Å². The molecule has 0 bridgehead atoms. The molecule has 0 aromatic heterocycles. The van der Waals surface area contributed by atoms with E-state index in [9.17, 15) is 0 Å². The minimum atomic E-state index is 0. The molecule has 0 saturated carbocycles. The average Bonchev–Trinajstić information content (AvgIpc) is 3.19. The Kier molecular flexibility index (Phi) is 14.5. The number of hydrogen-bond acceptors (Lipinski definition) is 0. The van der Waals surface area contributed by atoms with Crippen LogP contribution in [0.2, 0.25) is 13.1 Å². The van der Waals surface area contributed by atoms with E-state index in [1.54, 1.807) is 23.3 Å². The predicted octanol–water partition coefficient (Wildman–Crippen LogP) is 3.39. The van der Waals surface area contributed by atoms with Crippen LogP contribution in [0.25, 0.3) is 21.5 Å². The van der Waals surface area contributed by atoms with Gasteiger partial charge in [0, 0.05) is 0 Å². The first-order chi connectivity index (χ1) is 15.0. The van der Waals surface area contributed by atoms with Crippen molar-refractivity contribution in [1.82, 2.24) is 0 Å². The Balaban J connectivity index is 0.000000528. The van der Waals surface area contributed by atoms with Crippen molar-refractivity contribution in [1.29, 1.82) is 0 Å². The van der Waals surface area contributed by atoms with Crippen LogP contribution in [-0.4, -0.2) is 5.43 Å². The fourth-order valence-corrected chi connectivity index (χ4v) is 4.76. The van der Waals surface area contributed by atoms with Crippen LogP contribution in [0.4, 0.5) is 0 Å². The van der Waals surface area contributed by atoms with Gasteiger partial charge in [0.1, 0.15) is 0 Å². The molecule has 34 heavy (non-hydrogen) atoms. The topological polar surface area (TPSA) is 0 Å². The van der Waals surface area contributed by atoms with E-state index in [-0.39, 0.29) is 30.2 Å². The van der Waals surface area contributed by atoms with Crippen LogP contribution in [0.3, 0.4) is 0 Å². The van der Waals surface area contributed by atoms with E-state index in [0.29, 0.717) is 11.8 Å². The van der Waals surface area contributed by atoms with Crippen molar-refractivity contribution < 1.29 is 48.1 Å². The maximum Gasteiger partial charge on any atom is -0.0576 e. The SMILES string of the molecule is C[Si](C)=[Zr+2].Cc1[cH-]c2c(C)cccc2c1C(C)C.Cc1[cH-]c2c(C)cccc2c1C(C)C.[Cl-].[Cl-]. The van der Waals surface area contributed by atoms with Gasteiger partial charge in [-0.1, -0.05) is 79.4 Å². The van der Waals surface area contributed by atoms with E-state index in [2.05, 4.69) is 117 Å². The Morgan fingerprint density at radius 2 is 0.941 bits per heavy atom. The summed E-state index contributed by atoms with van der Waals surface area (Å²) in [6.07, 6.45) is 0. The summed E-state index contributed by atoms with van der Waals surface area (Å²) in [6, 6.07) is 17.8. The summed E-state index contributed by atoms with van der Waals surface area (Å²) in [6.45, 7) is 22.5.